The molecule has 2 saturated carbocycles. The lowest BCUT2D eigenvalue weighted by molar-refractivity contribution is 0.258. The number of fused-ring (bicyclic) bond motifs is 1. The molecule has 0 bridgehead atoms. The predicted octanol–water partition coefficient (Wildman–Crippen LogP) is 4.27. The minimum absolute atomic E-state index is 0.882. The largest absolute Gasteiger partial charge is 0.103 e. The fourth-order valence-electron chi connectivity index (χ4n) is 4.07. The zero-order chi connectivity index (χ0) is 10.1. The highest BCUT2D eigenvalue weighted by molar-refractivity contribution is 4.94. The second-order valence-electron chi connectivity index (χ2n) is 5.74. The third-order valence-corrected chi connectivity index (χ3v) is 4.68. The number of allylic oxidation sites excluding steroid dienone is 1. The summed E-state index contributed by atoms with van der Waals surface area (Å²) in [6, 6.07) is 0. The van der Waals surface area contributed by atoms with Gasteiger partial charge in [0.2, 0.25) is 0 Å². The third kappa shape index (κ3) is 1.76. The molecule has 0 aromatic heterocycles. The Morgan fingerprint density at radius 1 is 1.36 bits per heavy atom. The monoisotopic (exact) mass is 192 g/mol. The first-order valence-electron chi connectivity index (χ1n) is 6.33. The van der Waals surface area contributed by atoms with Gasteiger partial charge in [-0.25, -0.2) is 0 Å². The molecule has 2 fully saturated rings. The van der Waals surface area contributed by atoms with Crippen LogP contribution in [0.1, 0.15) is 46.0 Å². The van der Waals surface area contributed by atoms with Crippen molar-refractivity contribution in [1.29, 1.82) is 0 Å². The van der Waals surface area contributed by atoms with E-state index >= 15 is 0 Å². The lowest BCUT2D eigenvalue weighted by atomic mass is 9.81. The van der Waals surface area contributed by atoms with Crippen molar-refractivity contribution in [2.24, 2.45) is 29.6 Å². The average molecular weight is 192 g/mol. The molecule has 0 spiro atoms. The van der Waals surface area contributed by atoms with Crippen LogP contribution in [0.5, 0.6) is 0 Å². The second-order valence-corrected chi connectivity index (χ2v) is 5.74. The standard InChI is InChI=1S/C14H24/c1-4-5-11(3)13-7-6-12-8-10(2)9-14(12)13/h4,10-14H,1,5-9H2,2-3H3. The van der Waals surface area contributed by atoms with E-state index in [9.17, 15) is 0 Å². The Morgan fingerprint density at radius 2 is 2.14 bits per heavy atom. The summed E-state index contributed by atoms with van der Waals surface area (Å²) < 4.78 is 0. The van der Waals surface area contributed by atoms with Gasteiger partial charge in [-0.3, -0.25) is 0 Å². The molecule has 0 aromatic carbocycles. The van der Waals surface area contributed by atoms with Gasteiger partial charge in [0.25, 0.3) is 0 Å². The lowest BCUT2D eigenvalue weighted by Crippen LogP contribution is -2.17. The summed E-state index contributed by atoms with van der Waals surface area (Å²) in [5, 5.41) is 0. The zero-order valence-corrected chi connectivity index (χ0v) is 9.71. The van der Waals surface area contributed by atoms with Crippen molar-refractivity contribution in [3.05, 3.63) is 12.7 Å². The Kier molecular flexibility index (Phi) is 2.99. The van der Waals surface area contributed by atoms with Crippen LogP contribution in [-0.2, 0) is 0 Å². The molecule has 80 valence electrons. The molecule has 0 heterocycles. The molecule has 0 saturated heterocycles. The lowest BCUT2D eigenvalue weighted by Gasteiger charge is -2.24. The maximum absolute atomic E-state index is 3.87. The molecule has 0 aromatic rings. The number of hydrogen-bond acceptors (Lipinski definition) is 0. The molecule has 0 aliphatic heterocycles. The first-order chi connectivity index (χ1) is 6.72. The van der Waals surface area contributed by atoms with Crippen LogP contribution < -0.4 is 0 Å². The molecule has 2 rings (SSSR count). The third-order valence-electron chi connectivity index (χ3n) is 4.68. The first-order valence-corrected chi connectivity index (χ1v) is 6.33. The molecular weight excluding hydrogens is 168 g/mol. The van der Waals surface area contributed by atoms with Crippen molar-refractivity contribution < 1.29 is 0 Å². The van der Waals surface area contributed by atoms with Crippen LogP contribution in [0.4, 0.5) is 0 Å². The van der Waals surface area contributed by atoms with Gasteiger partial charge < -0.3 is 0 Å². The van der Waals surface area contributed by atoms with E-state index in [1.807, 2.05) is 0 Å². The summed E-state index contributed by atoms with van der Waals surface area (Å²) in [6.45, 7) is 8.74. The summed E-state index contributed by atoms with van der Waals surface area (Å²) in [7, 11) is 0. The molecule has 5 atom stereocenters. The Hall–Kier alpha value is -0.260. The Labute approximate surface area is 88.8 Å². The maximum atomic E-state index is 3.87. The normalized spacial score (nSPS) is 43.6. The van der Waals surface area contributed by atoms with Gasteiger partial charge in [-0.1, -0.05) is 19.9 Å². The molecular formula is C14H24. The van der Waals surface area contributed by atoms with Crippen LogP contribution in [0.15, 0.2) is 12.7 Å². The molecule has 5 unspecified atom stereocenters. The summed E-state index contributed by atoms with van der Waals surface area (Å²) in [5.41, 5.74) is 0. The van der Waals surface area contributed by atoms with Crippen LogP contribution in [0.25, 0.3) is 0 Å². The highest BCUT2D eigenvalue weighted by atomic mass is 14.5. The van der Waals surface area contributed by atoms with Crippen molar-refractivity contribution in [3.8, 4) is 0 Å². The zero-order valence-electron chi connectivity index (χ0n) is 9.71. The quantitative estimate of drug-likeness (QED) is 0.586. The van der Waals surface area contributed by atoms with E-state index in [0.717, 1.165) is 29.6 Å². The van der Waals surface area contributed by atoms with E-state index in [2.05, 4.69) is 26.5 Å². The Balaban J connectivity index is 1.97. The SMILES string of the molecule is C=CCC(C)C1CCC2CC(C)CC21. The van der Waals surface area contributed by atoms with Gasteiger partial charge in [0, 0.05) is 0 Å². The van der Waals surface area contributed by atoms with E-state index in [1.165, 1.54) is 32.1 Å². The van der Waals surface area contributed by atoms with E-state index in [-0.39, 0.29) is 0 Å². The molecule has 14 heavy (non-hydrogen) atoms. The van der Waals surface area contributed by atoms with Crippen LogP contribution in [0.2, 0.25) is 0 Å². The summed E-state index contributed by atoms with van der Waals surface area (Å²) in [4.78, 5) is 0. The molecule has 0 heteroatoms. The van der Waals surface area contributed by atoms with E-state index < -0.39 is 0 Å². The summed E-state index contributed by atoms with van der Waals surface area (Å²) >= 11 is 0. The van der Waals surface area contributed by atoms with Gasteiger partial charge in [-0.05, 0) is 61.7 Å². The van der Waals surface area contributed by atoms with Crippen LogP contribution in [0, 0.1) is 29.6 Å². The van der Waals surface area contributed by atoms with E-state index in [4.69, 9.17) is 0 Å². The molecule has 0 N–H and O–H groups in total. The average Bonchev–Trinajstić information content (AvgIpc) is 2.62. The Morgan fingerprint density at radius 3 is 2.86 bits per heavy atom. The van der Waals surface area contributed by atoms with Crippen molar-refractivity contribution in [2.75, 3.05) is 0 Å². The molecule has 2 aliphatic carbocycles. The predicted molar refractivity (Wildman–Crippen MR) is 62.1 cm³/mol. The Bertz CT molecular complexity index is 206. The van der Waals surface area contributed by atoms with E-state index in [1.54, 1.807) is 0 Å². The van der Waals surface area contributed by atoms with Gasteiger partial charge >= 0.3 is 0 Å². The molecule has 0 radical (unpaired) electrons. The summed E-state index contributed by atoms with van der Waals surface area (Å²) in [6.07, 6.45) is 9.37. The summed E-state index contributed by atoms with van der Waals surface area (Å²) in [5.74, 6) is 5.06. The van der Waals surface area contributed by atoms with E-state index in [0.29, 0.717) is 0 Å². The fourth-order valence-corrected chi connectivity index (χ4v) is 4.07. The van der Waals surface area contributed by atoms with Crippen molar-refractivity contribution >= 4 is 0 Å². The minimum Gasteiger partial charge on any atom is -0.103 e. The molecule has 0 amide bonds. The smallest absolute Gasteiger partial charge is 0.0325 e. The number of rotatable bonds is 3. The van der Waals surface area contributed by atoms with Gasteiger partial charge in [0.15, 0.2) is 0 Å². The topological polar surface area (TPSA) is 0 Å². The van der Waals surface area contributed by atoms with Crippen LogP contribution in [0.3, 0.4) is 0 Å². The van der Waals surface area contributed by atoms with Crippen LogP contribution in [-0.4, -0.2) is 0 Å². The molecule has 0 nitrogen and oxygen atoms in total. The minimum atomic E-state index is 0.882. The van der Waals surface area contributed by atoms with Gasteiger partial charge in [0.05, 0.1) is 0 Å². The molecule has 2 aliphatic rings. The van der Waals surface area contributed by atoms with Gasteiger partial charge in [-0.2, -0.15) is 0 Å². The van der Waals surface area contributed by atoms with Gasteiger partial charge in [0.1, 0.15) is 0 Å². The van der Waals surface area contributed by atoms with Gasteiger partial charge in [-0.15, -0.1) is 6.58 Å². The maximum Gasteiger partial charge on any atom is -0.0325 e. The number of hydrogen-bond donors (Lipinski definition) is 0. The van der Waals surface area contributed by atoms with Crippen LogP contribution >= 0.6 is 0 Å². The fraction of sp³-hybridized carbons (Fsp3) is 0.857. The van der Waals surface area contributed by atoms with Crippen molar-refractivity contribution in [1.82, 2.24) is 0 Å². The second kappa shape index (κ2) is 4.08. The van der Waals surface area contributed by atoms with Crippen molar-refractivity contribution in [3.63, 3.8) is 0 Å². The highest BCUT2D eigenvalue weighted by Gasteiger charge is 2.43. The highest BCUT2D eigenvalue weighted by Crippen LogP contribution is 2.52. The van der Waals surface area contributed by atoms with Crippen molar-refractivity contribution in [2.45, 2.75) is 46.0 Å². The first kappa shape index (κ1) is 10.3.